The van der Waals surface area contributed by atoms with Crippen molar-refractivity contribution in [3.8, 4) is 17.2 Å². The molecule has 1 saturated heterocycles. The van der Waals surface area contributed by atoms with Crippen LogP contribution in [0, 0.1) is 6.92 Å². The number of rotatable bonds is 6. The van der Waals surface area contributed by atoms with Gasteiger partial charge in [-0.2, -0.15) is 0 Å². The fourth-order valence-electron chi connectivity index (χ4n) is 2.55. The van der Waals surface area contributed by atoms with Gasteiger partial charge < -0.3 is 14.2 Å². The maximum absolute atomic E-state index is 6.02. The van der Waals surface area contributed by atoms with Crippen LogP contribution in [0.2, 0.25) is 0 Å². The summed E-state index contributed by atoms with van der Waals surface area (Å²) in [6, 6.07) is 15.8. The number of aryl methyl sites for hydroxylation is 1. The summed E-state index contributed by atoms with van der Waals surface area (Å²) in [6.07, 6.45) is 0. The number of hydrogen-bond acceptors (Lipinski definition) is 4. The summed E-state index contributed by atoms with van der Waals surface area (Å²) in [5, 5.41) is 0. The van der Waals surface area contributed by atoms with Gasteiger partial charge in [-0.15, -0.1) is 12.4 Å². The van der Waals surface area contributed by atoms with Crippen LogP contribution in [0.25, 0.3) is 0 Å². The third-order valence-corrected chi connectivity index (χ3v) is 3.93. The highest BCUT2D eigenvalue weighted by Crippen LogP contribution is 2.32. The Balaban J connectivity index is 0.00000208. The van der Waals surface area contributed by atoms with Crippen LogP contribution in [-0.2, 0) is 4.74 Å². The minimum Gasteiger partial charge on any atom is -0.488 e. The smallest absolute Gasteiger partial charge is 0.169 e. The maximum Gasteiger partial charge on any atom is 0.169 e. The van der Waals surface area contributed by atoms with Gasteiger partial charge in [-0.3, -0.25) is 4.90 Å². The fourth-order valence-corrected chi connectivity index (χ4v) is 2.55. The lowest BCUT2D eigenvalue weighted by Gasteiger charge is -2.26. The Morgan fingerprint density at radius 1 is 0.917 bits per heavy atom. The lowest BCUT2D eigenvalue weighted by molar-refractivity contribution is 0.0321. The van der Waals surface area contributed by atoms with Gasteiger partial charge in [0, 0.05) is 19.6 Å². The zero-order chi connectivity index (χ0) is 15.9. The summed E-state index contributed by atoms with van der Waals surface area (Å²) in [7, 11) is 0. The lowest BCUT2D eigenvalue weighted by Crippen LogP contribution is -2.38. The Morgan fingerprint density at radius 3 is 2.25 bits per heavy atom. The topological polar surface area (TPSA) is 30.9 Å². The van der Waals surface area contributed by atoms with Crippen molar-refractivity contribution in [2.45, 2.75) is 6.92 Å². The first kappa shape index (κ1) is 18.6. The Bertz CT molecular complexity index is 630. The first-order valence-electron chi connectivity index (χ1n) is 8.08. The van der Waals surface area contributed by atoms with E-state index in [0.717, 1.165) is 55.7 Å². The highest BCUT2D eigenvalue weighted by Gasteiger charge is 2.11. The summed E-state index contributed by atoms with van der Waals surface area (Å²) in [5.41, 5.74) is 1.11. The predicted octanol–water partition coefficient (Wildman–Crippen LogP) is 3.92. The van der Waals surface area contributed by atoms with Crippen LogP contribution in [0.4, 0.5) is 0 Å². The highest BCUT2D eigenvalue weighted by molar-refractivity contribution is 5.85. The molecule has 130 valence electrons. The van der Waals surface area contributed by atoms with Crippen molar-refractivity contribution in [3.05, 3.63) is 54.1 Å². The number of halogens is 1. The molecule has 0 amide bonds. The van der Waals surface area contributed by atoms with Gasteiger partial charge in [0.15, 0.2) is 11.5 Å². The fraction of sp³-hybridized carbons (Fsp3) is 0.368. The van der Waals surface area contributed by atoms with E-state index < -0.39 is 0 Å². The number of ether oxygens (including phenoxy) is 3. The summed E-state index contributed by atoms with van der Waals surface area (Å²) in [6.45, 7) is 7.17. The van der Waals surface area contributed by atoms with Crippen LogP contribution in [-0.4, -0.2) is 44.4 Å². The molecule has 0 radical (unpaired) electrons. The van der Waals surface area contributed by atoms with Crippen LogP contribution in [0.3, 0.4) is 0 Å². The molecule has 0 aromatic heterocycles. The van der Waals surface area contributed by atoms with Crippen LogP contribution < -0.4 is 9.47 Å². The van der Waals surface area contributed by atoms with Gasteiger partial charge >= 0.3 is 0 Å². The molecule has 0 atom stereocenters. The molecule has 0 saturated carbocycles. The van der Waals surface area contributed by atoms with Gasteiger partial charge in [0.2, 0.25) is 0 Å². The van der Waals surface area contributed by atoms with Gasteiger partial charge in [0.25, 0.3) is 0 Å². The molecule has 2 aromatic carbocycles. The van der Waals surface area contributed by atoms with Crippen molar-refractivity contribution >= 4 is 12.4 Å². The molecule has 0 spiro atoms. The Labute approximate surface area is 149 Å². The van der Waals surface area contributed by atoms with E-state index in [0.29, 0.717) is 6.61 Å². The molecule has 4 nitrogen and oxygen atoms in total. The van der Waals surface area contributed by atoms with Crippen LogP contribution in [0.5, 0.6) is 17.2 Å². The quantitative estimate of drug-likeness (QED) is 0.791. The molecule has 1 aliphatic rings. The van der Waals surface area contributed by atoms with Crippen LogP contribution in [0.15, 0.2) is 48.5 Å². The van der Waals surface area contributed by atoms with E-state index in [1.165, 1.54) is 0 Å². The van der Waals surface area contributed by atoms with E-state index in [2.05, 4.69) is 4.90 Å². The molecule has 1 fully saturated rings. The molecule has 2 aromatic rings. The van der Waals surface area contributed by atoms with Crippen molar-refractivity contribution in [2.24, 2.45) is 0 Å². The molecule has 3 rings (SSSR count). The molecular weight excluding hydrogens is 326 g/mol. The van der Waals surface area contributed by atoms with Gasteiger partial charge in [0.05, 0.1) is 13.2 Å². The van der Waals surface area contributed by atoms with Crippen LogP contribution in [0.1, 0.15) is 5.56 Å². The number of nitrogens with zero attached hydrogens (tertiary/aromatic N) is 1. The standard InChI is InChI=1S/C19H23NO3.ClH/c1-16-6-2-3-7-17(16)23-19-9-5-4-8-18(19)22-15-12-20-10-13-21-14-11-20;/h2-9H,10-15H2,1H3;1H. The minimum atomic E-state index is 0. The van der Waals surface area contributed by atoms with Gasteiger partial charge in [-0.25, -0.2) is 0 Å². The number of para-hydroxylation sites is 3. The lowest BCUT2D eigenvalue weighted by atomic mass is 10.2. The Kier molecular flexibility index (Phi) is 7.37. The van der Waals surface area contributed by atoms with Crippen molar-refractivity contribution in [1.29, 1.82) is 0 Å². The number of benzene rings is 2. The van der Waals surface area contributed by atoms with Gasteiger partial charge in [-0.1, -0.05) is 30.3 Å². The predicted molar refractivity (Wildman–Crippen MR) is 97.7 cm³/mol. The first-order chi connectivity index (χ1) is 11.3. The third-order valence-electron chi connectivity index (χ3n) is 3.93. The average Bonchev–Trinajstić information content (AvgIpc) is 2.59. The van der Waals surface area contributed by atoms with E-state index in [1.54, 1.807) is 0 Å². The second-order valence-corrected chi connectivity index (χ2v) is 5.62. The van der Waals surface area contributed by atoms with E-state index in [1.807, 2.05) is 55.5 Å². The molecule has 1 heterocycles. The largest absolute Gasteiger partial charge is 0.488 e. The normalized spacial score (nSPS) is 14.7. The first-order valence-corrected chi connectivity index (χ1v) is 8.08. The molecule has 24 heavy (non-hydrogen) atoms. The zero-order valence-corrected chi connectivity index (χ0v) is 14.8. The SMILES string of the molecule is Cc1ccccc1Oc1ccccc1OCCN1CCOCC1.Cl. The minimum absolute atomic E-state index is 0. The maximum atomic E-state index is 6.02. The molecule has 5 heteroatoms. The molecular formula is C19H24ClNO3. The molecule has 0 bridgehead atoms. The summed E-state index contributed by atoms with van der Waals surface area (Å²) in [5.74, 6) is 2.39. The summed E-state index contributed by atoms with van der Waals surface area (Å²) >= 11 is 0. The van der Waals surface area contributed by atoms with E-state index in [4.69, 9.17) is 14.2 Å². The molecule has 0 N–H and O–H groups in total. The third kappa shape index (κ3) is 5.13. The Morgan fingerprint density at radius 2 is 1.54 bits per heavy atom. The van der Waals surface area contributed by atoms with E-state index >= 15 is 0 Å². The number of hydrogen-bond donors (Lipinski definition) is 0. The molecule has 1 aliphatic heterocycles. The van der Waals surface area contributed by atoms with Gasteiger partial charge in [0.1, 0.15) is 12.4 Å². The zero-order valence-electron chi connectivity index (χ0n) is 13.9. The molecule has 0 unspecified atom stereocenters. The second-order valence-electron chi connectivity index (χ2n) is 5.62. The van der Waals surface area contributed by atoms with E-state index in [-0.39, 0.29) is 12.4 Å². The highest BCUT2D eigenvalue weighted by atomic mass is 35.5. The number of morpholine rings is 1. The monoisotopic (exact) mass is 349 g/mol. The van der Waals surface area contributed by atoms with Crippen molar-refractivity contribution in [2.75, 3.05) is 39.5 Å². The van der Waals surface area contributed by atoms with Gasteiger partial charge in [-0.05, 0) is 30.7 Å². The summed E-state index contributed by atoms with van der Waals surface area (Å²) in [4.78, 5) is 2.36. The van der Waals surface area contributed by atoms with Crippen LogP contribution >= 0.6 is 12.4 Å². The second kappa shape index (κ2) is 9.52. The Hall–Kier alpha value is -1.75. The van der Waals surface area contributed by atoms with Crippen molar-refractivity contribution < 1.29 is 14.2 Å². The van der Waals surface area contributed by atoms with Crippen molar-refractivity contribution in [3.63, 3.8) is 0 Å². The van der Waals surface area contributed by atoms with Crippen molar-refractivity contribution in [1.82, 2.24) is 4.90 Å². The average molecular weight is 350 g/mol. The summed E-state index contributed by atoms with van der Waals surface area (Å²) < 4.78 is 17.3. The molecule has 0 aliphatic carbocycles. The van der Waals surface area contributed by atoms with E-state index in [9.17, 15) is 0 Å².